The van der Waals surface area contributed by atoms with Crippen molar-refractivity contribution >= 4 is 30.7 Å². The lowest BCUT2D eigenvalue weighted by Gasteiger charge is -2.13. The van der Waals surface area contributed by atoms with Crippen molar-refractivity contribution in [3.8, 4) is 0 Å². The minimum atomic E-state index is -0.232. The Labute approximate surface area is 126 Å². The van der Waals surface area contributed by atoms with Gasteiger partial charge >= 0.3 is 5.97 Å². The van der Waals surface area contributed by atoms with E-state index in [1.165, 1.54) is 18.9 Å². The highest BCUT2D eigenvalue weighted by atomic mass is 127. The van der Waals surface area contributed by atoms with E-state index in [0.717, 1.165) is 18.4 Å². The summed E-state index contributed by atoms with van der Waals surface area (Å²) in [5, 5.41) is 0. The fourth-order valence-electron chi connectivity index (χ4n) is 1.74. The average Bonchev–Trinajstić information content (AvgIpc) is 2.46. The van der Waals surface area contributed by atoms with Crippen LogP contribution in [0.2, 0.25) is 0 Å². The van der Waals surface area contributed by atoms with Gasteiger partial charge in [-0.3, -0.25) is 0 Å². The van der Waals surface area contributed by atoms with Gasteiger partial charge in [-0.05, 0) is 44.2 Å². The highest BCUT2D eigenvalue weighted by Crippen LogP contribution is 2.13. The second-order valence-corrected chi connectivity index (χ2v) is 6.75. The lowest BCUT2D eigenvalue weighted by molar-refractivity contribution is -0.139. The molecular formula is C16H23IO2. The molecule has 0 saturated carbocycles. The van der Waals surface area contributed by atoms with Gasteiger partial charge in [0.05, 0.1) is 6.61 Å². The van der Waals surface area contributed by atoms with Crippen molar-refractivity contribution in [3.05, 3.63) is 34.0 Å². The Morgan fingerprint density at radius 3 is 2.95 bits per heavy atom. The molecule has 0 aromatic heterocycles. The molecule has 0 bridgehead atoms. The van der Waals surface area contributed by atoms with E-state index in [1.807, 2.05) is 6.08 Å². The number of ether oxygens (including phenoxy) is 1. The van der Waals surface area contributed by atoms with Crippen LogP contribution in [0.15, 0.2) is 34.0 Å². The highest BCUT2D eigenvalue weighted by Gasteiger charge is 2.08. The van der Waals surface area contributed by atoms with Gasteiger partial charge in [0.1, 0.15) is 0 Å². The zero-order chi connectivity index (χ0) is 13.9. The van der Waals surface area contributed by atoms with Gasteiger partial charge in [0.2, 0.25) is 0 Å². The van der Waals surface area contributed by atoms with Crippen molar-refractivity contribution in [3.63, 3.8) is 0 Å². The van der Waals surface area contributed by atoms with Crippen molar-refractivity contribution in [1.29, 1.82) is 0 Å². The Kier molecular flexibility index (Phi) is 8.71. The summed E-state index contributed by atoms with van der Waals surface area (Å²) in [4.78, 5) is 11.6. The van der Waals surface area contributed by atoms with E-state index in [4.69, 9.17) is 4.74 Å². The SMILES string of the molecule is CCCCC(CC)COC(=O)/C=C/C1=CC=IC=C1. The molecule has 1 aliphatic heterocycles. The third-order valence-corrected chi connectivity index (χ3v) is 4.62. The molecular weight excluding hydrogens is 351 g/mol. The maximum atomic E-state index is 11.6. The van der Waals surface area contributed by atoms with E-state index in [9.17, 15) is 4.79 Å². The van der Waals surface area contributed by atoms with E-state index in [2.05, 4.69) is 34.1 Å². The van der Waals surface area contributed by atoms with Gasteiger partial charge in [0.25, 0.3) is 0 Å². The lowest BCUT2D eigenvalue weighted by Crippen LogP contribution is -2.12. The molecule has 0 fully saturated rings. The van der Waals surface area contributed by atoms with Gasteiger partial charge in [0, 0.05) is 6.08 Å². The van der Waals surface area contributed by atoms with Gasteiger partial charge < -0.3 is 4.74 Å². The monoisotopic (exact) mass is 374 g/mol. The molecule has 1 heterocycles. The highest BCUT2D eigenvalue weighted by molar-refractivity contribution is 14.2. The van der Waals surface area contributed by atoms with Crippen molar-refractivity contribution in [2.24, 2.45) is 5.92 Å². The summed E-state index contributed by atoms with van der Waals surface area (Å²) in [5.41, 5.74) is 1.07. The average molecular weight is 374 g/mol. The minimum Gasteiger partial charge on any atom is -0.462 e. The first-order valence-corrected chi connectivity index (χ1v) is 9.42. The van der Waals surface area contributed by atoms with Crippen LogP contribution >= 0.6 is 20.7 Å². The summed E-state index contributed by atoms with van der Waals surface area (Å²) in [7, 11) is 0. The number of carbonyl (C=O) groups is 1. The molecule has 0 spiro atoms. The second kappa shape index (κ2) is 10.1. The molecule has 1 atom stereocenters. The standard InChI is InChI=1S/C16H23IO2/c1-3-5-6-14(4-2)13-19-16(18)8-7-15-9-11-17-12-10-15/h7-12,14H,3-6,13H2,1-2H3/b8-7+. The molecule has 0 amide bonds. The largest absolute Gasteiger partial charge is 0.462 e. The number of hydrogen-bond donors (Lipinski definition) is 0. The molecule has 1 rings (SSSR count). The molecule has 0 radical (unpaired) electrons. The predicted molar refractivity (Wildman–Crippen MR) is 90.7 cm³/mol. The van der Waals surface area contributed by atoms with Crippen molar-refractivity contribution in [1.82, 2.24) is 0 Å². The Balaban J connectivity index is 2.30. The summed E-state index contributed by atoms with van der Waals surface area (Å²) in [6.45, 7) is 4.89. The van der Waals surface area contributed by atoms with E-state index >= 15 is 0 Å². The number of allylic oxidation sites excluding steroid dienone is 4. The Hall–Kier alpha value is -0.710. The maximum Gasteiger partial charge on any atom is 0.330 e. The lowest BCUT2D eigenvalue weighted by atomic mass is 10.0. The summed E-state index contributed by atoms with van der Waals surface area (Å²) < 4.78 is 9.67. The zero-order valence-corrected chi connectivity index (χ0v) is 13.9. The minimum absolute atomic E-state index is 0.104. The Bertz CT molecular complexity index is 392. The Morgan fingerprint density at radius 2 is 2.32 bits per heavy atom. The van der Waals surface area contributed by atoms with Gasteiger partial charge in [-0.1, -0.05) is 53.8 Å². The van der Waals surface area contributed by atoms with Crippen molar-refractivity contribution < 1.29 is 9.53 Å². The van der Waals surface area contributed by atoms with Crippen LogP contribution in [0.5, 0.6) is 0 Å². The third-order valence-electron chi connectivity index (χ3n) is 3.07. The first-order valence-electron chi connectivity index (χ1n) is 6.93. The summed E-state index contributed by atoms with van der Waals surface area (Å²) in [5.74, 6) is 0.272. The maximum absolute atomic E-state index is 11.6. The summed E-state index contributed by atoms with van der Waals surface area (Å²) in [6, 6.07) is 0. The number of carbonyl (C=O) groups excluding carboxylic acids is 1. The first kappa shape index (κ1) is 16.3. The number of rotatable bonds is 8. The molecule has 0 N–H and O–H groups in total. The number of unbranched alkanes of at least 4 members (excludes halogenated alkanes) is 1. The van der Waals surface area contributed by atoms with Crippen LogP contribution in [0.1, 0.15) is 39.5 Å². The molecule has 2 nitrogen and oxygen atoms in total. The van der Waals surface area contributed by atoms with Gasteiger partial charge in [-0.25, -0.2) is 4.79 Å². The van der Waals surface area contributed by atoms with Crippen LogP contribution in [-0.4, -0.2) is 16.6 Å². The fourth-order valence-corrected chi connectivity index (χ4v) is 3.22. The van der Waals surface area contributed by atoms with Crippen LogP contribution in [0.4, 0.5) is 0 Å². The number of esters is 1. The molecule has 0 aromatic rings. The van der Waals surface area contributed by atoms with Crippen LogP contribution in [-0.2, 0) is 9.53 Å². The molecule has 1 unspecified atom stereocenters. The molecule has 1 aliphatic rings. The number of hydrogen-bond acceptors (Lipinski definition) is 2. The normalized spacial score (nSPS) is 16.0. The van der Waals surface area contributed by atoms with Gasteiger partial charge in [0.15, 0.2) is 0 Å². The molecule has 3 heteroatoms. The summed E-state index contributed by atoms with van der Waals surface area (Å²) >= 11 is 0.104. The molecule has 0 aromatic carbocycles. The molecule has 0 aliphatic carbocycles. The van der Waals surface area contributed by atoms with Crippen LogP contribution in [0.25, 0.3) is 0 Å². The first-order chi connectivity index (χ1) is 9.26. The second-order valence-electron chi connectivity index (χ2n) is 4.59. The summed E-state index contributed by atoms with van der Waals surface area (Å²) in [6.07, 6.45) is 12.1. The van der Waals surface area contributed by atoms with Crippen molar-refractivity contribution in [2.45, 2.75) is 39.5 Å². The van der Waals surface area contributed by atoms with Crippen LogP contribution in [0, 0.1) is 5.92 Å². The smallest absolute Gasteiger partial charge is 0.330 e. The van der Waals surface area contributed by atoms with E-state index in [0.29, 0.717) is 12.5 Å². The fraction of sp³-hybridized carbons (Fsp3) is 0.500. The molecule has 19 heavy (non-hydrogen) atoms. The van der Waals surface area contributed by atoms with Crippen LogP contribution < -0.4 is 0 Å². The van der Waals surface area contributed by atoms with Crippen molar-refractivity contribution in [2.75, 3.05) is 6.61 Å². The van der Waals surface area contributed by atoms with E-state index in [-0.39, 0.29) is 26.7 Å². The van der Waals surface area contributed by atoms with Gasteiger partial charge in [-0.2, -0.15) is 0 Å². The molecule has 0 saturated heterocycles. The van der Waals surface area contributed by atoms with E-state index in [1.54, 1.807) is 0 Å². The molecule has 106 valence electrons. The Morgan fingerprint density at radius 1 is 1.47 bits per heavy atom. The van der Waals surface area contributed by atoms with Gasteiger partial charge in [-0.15, -0.1) is 0 Å². The zero-order valence-electron chi connectivity index (χ0n) is 11.8. The predicted octanol–water partition coefficient (Wildman–Crippen LogP) is 4.53. The quantitative estimate of drug-likeness (QED) is 0.355. The van der Waals surface area contributed by atoms with E-state index < -0.39 is 0 Å². The third kappa shape index (κ3) is 7.45. The van der Waals surface area contributed by atoms with Crippen LogP contribution in [0.3, 0.4) is 0 Å². The number of halogens is 1. The topological polar surface area (TPSA) is 26.3 Å².